The molecule has 3 heteroatoms. The summed E-state index contributed by atoms with van der Waals surface area (Å²) in [6, 6.07) is 8.78. The van der Waals surface area contributed by atoms with E-state index >= 15 is 0 Å². The summed E-state index contributed by atoms with van der Waals surface area (Å²) in [4.78, 5) is 8.45. The third-order valence-electron chi connectivity index (χ3n) is 4.01. The fourth-order valence-corrected chi connectivity index (χ4v) is 2.87. The molecule has 1 aliphatic rings. The highest BCUT2D eigenvalue weighted by Gasteiger charge is 2.19. The van der Waals surface area contributed by atoms with Crippen molar-refractivity contribution in [1.29, 1.82) is 0 Å². The van der Waals surface area contributed by atoms with Crippen LogP contribution in [0.25, 0.3) is 11.3 Å². The minimum atomic E-state index is 0.565. The van der Waals surface area contributed by atoms with E-state index in [0.717, 1.165) is 29.2 Å². The zero-order valence-corrected chi connectivity index (χ0v) is 11.8. The van der Waals surface area contributed by atoms with Crippen molar-refractivity contribution in [2.75, 3.05) is 0 Å². The predicted octanol–water partition coefficient (Wildman–Crippen LogP) is 4.63. The van der Waals surface area contributed by atoms with Crippen LogP contribution in [-0.4, -0.2) is 9.97 Å². The molecule has 1 aromatic heterocycles. The molecule has 0 N–H and O–H groups in total. The van der Waals surface area contributed by atoms with Gasteiger partial charge in [0, 0.05) is 11.1 Å². The second kappa shape index (κ2) is 5.30. The van der Waals surface area contributed by atoms with Crippen LogP contribution in [0.5, 0.6) is 0 Å². The van der Waals surface area contributed by atoms with E-state index < -0.39 is 0 Å². The quantitative estimate of drug-likeness (QED) is 0.762. The van der Waals surface area contributed by atoms with Gasteiger partial charge < -0.3 is 0 Å². The zero-order chi connectivity index (χ0) is 13.2. The van der Waals surface area contributed by atoms with Crippen LogP contribution in [0.3, 0.4) is 0 Å². The van der Waals surface area contributed by atoms with Gasteiger partial charge in [-0.2, -0.15) is 0 Å². The molecule has 0 saturated heterocycles. The van der Waals surface area contributed by atoms with Crippen LogP contribution >= 0.6 is 11.6 Å². The predicted molar refractivity (Wildman–Crippen MR) is 78.4 cm³/mol. The molecule has 1 aromatic carbocycles. The van der Waals surface area contributed by atoms with Crippen LogP contribution in [0.2, 0.25) is 5.15 Å². The van der Waals surface area contributed by atoms with Gasteiger partial charge >= 0.3 is 0 Å². The maximum atomic E-state index is 6.14. The van der Waals surface area contributed by atoms with Gasteiger partial charge in [-0.15, -0.1) is 0 Å². The maximum Gasteiger partial charge on any atom is 0.136 e. The molecule has 1 heterocycles. The number of aromatic nitrogens is 2. The van der Waals surface area contributed by atoms with Gasteiger partial charge in [-0.05, 0) is 30.7 Å². The fraction of sp³-hybridized carbons (Fsp3) is 0.375. The highest BCUT2D eigenvalue weighted by atomic mass is 35.5. The van der Waals surface area contributed by atoms with E-state index in [1.807, 2.05) is 0 Å². The van der Waals surface area contributed by atoms with Crippen molar-refractivity contribution < 1.29 is 0 Å². The van der Waals surface area contributed by atoms with Gasteiger partial charge in [-0.3, -0.25) is 0 Å². The molecule has 0 atom stereocenters. The average Bonchev–Trinajstić information content (AvgIpc) is 2.37. The molecule has 1 saturated carbocycles. The maximum absolute atomic E-state index is 6.14. The first kappa shape index (κ1) is 12.6. The molecule has 0 aliphatic heterocycles. The van der Waals surface area contributed by atoms with Crippen LogP contribution in [0.15, 0.2) is 30.6 Å². The molecule has 0 bridgehead atoms. The Morgan fingerprint density at radius 3 is 2.47 bits per heavy atom. The van der Waals surface area contributed by atoms with E-state index in [9.17, 15) is 0 Å². The van der Waals surface area contributed by atoms with Crippen molar-refractivity contribution in [3.63, 3.8) is 0 Å². The summed E-state index contributed by atoms with van der Waals surface area (Å²) < 4.78 is 0. The number of hydrogen-bond acceptors (Lipinski definition) is 2. The van der Waals surface area contributed by atoms with E-state index in [2.05, 4.69) is 41.2 Å². The van der Waals surface area contributed by atoms with Gasteiger partial charge in [-0.1, -0.05) is 49.2 Å². The van der Waals surface area contributed by atoms with Gasteiger partial charge in [0.05, 0.1) is 5.69 Å². The van der Waals surface area contributed by atoms with Crippen LogP contribution in [0, 0.1) is 0 Å². The molecule has 3 rings (SSSR count). The highest BCUT2D eigenvalue weighted by Crippen LogP contribution is 2.37. The summed E-state index contributed by atoms with van der Waals surface area (Å²) in [7, 11) is 0. The van der Waals surface area contributed by atoms with Crippen LogP contribution in [-0.2, 0) is 6.42 Å². The molecule has 2 nitrogen and oxygen atoms in total. The number of halogens is 1. The highest BCUT2D eigenvalue weighted by molar-refractivity contribution is 6.30. The van der Waals surface area contributed by atoms with E-state index in [0.29, 0.717) is 5.15 Å². The van der Waals surface area contributed by atoms with Crippen molar-refractivity contribution >= 4 is 11.6 Å². The van der Waals surface area contributed by atoms with Crippen molar-refractivity contribution in [3.8, 4) is 11.3 Å². The third kappa shape index (κ3) is 2.37. The third-order valence-corrected chi connectivity index (χ3v) is 4.33. The normalized spacial score (nSPS) is 15.3. The van der Waals surface area contributed by atoms with Gasteiger partial charge in [0.2, 0.25) is 0 Å². The lowest BCUT2D eigenvalue weighted by Crippen LogP contribution is -2.08. The first-order valence-electron chi connectivity index (χ1n) is 6.89. The largest absolute Gasteiger partial charge is 0.236 e. The minimum Gasteiger partial charge on any atom is -0.236 e. The minimum absolute atomic E-state index is 0.565. The summed E-state index contributed by atoms with van der Waals surface area (Å²) >= 11 is 6.14. The molecule has 2 aromatic rings. The topological polar surface area (TPSA) is 25.8 Å². The lowest BCUT2D eigenvalue weighted by atomic mass is 9.80. The Balaban J connectivity index is 1.95. The molecule has 1 fully saturated rings. The molecule has 0 spiro atoms. The second-order valence-corrected chi connectivity index (χ2v) is 5.45. The molecule has 1 aliphatic carbocycles. The average molecular weight is 273 g/mol. The first-order valence-corrected chi connectivity index (χ1v) is 7.27. The molecule has 19 heavy (non-hydrogen) atoms. The van der Waals surface area contributed by atoms with Crippen molar-refractivity contribution in [2.24, 2.45) is 0 Å². The Bertz CT molecular complexity index is 574. The molecule has 0 amide bonds. The van der Waals surface area contributed by atoms with Gasteiger partial charge in [0.25, 0.3) is 0 Å². The summed E-state index contributed by atoms with van der Waals surface area (Å²) in [6.07, 6.45) is 6.42. The Morgan fingerprint density at radius 1 is 1.16 bits per heavy atom. The van der Waals surface area contributed by atoms with E-state index in [4.69, 9.17) is 11.6 Å². The zero-order valence-electron chi connectivity index (χ0n) is 11.1. The van der Waals surface area contributed by atoms with E-state index in [1.165, 1.54) is 31.2 Å². The van der Waals surface area contributed by atoms with Crippen molar-refractivity contribution in [1.82, 2.24) is 9.97 Å². The standard InChI is InChI=1S/C16H17ClN2/c1-2-14-15(18-10-19-16(14)17)13-8-6-12(7-9-13)11-4-3-5-11/h6-11H,2-5H2,1H3. The number of rotatable bonds is 3. The summed E-state index contributed by atoms with van der Waals surface area (Å²) in [5.74, 6) is 0.772. The van der Waals surface area contributed by atoms with Crippen molar-refractivity contribution in [3.05, 3.63) is 46.9 Å². The van der Waals surface area contributed by atoms with Gasteiger partial charge in [-0.25, -0.2) is 9.97 Å². The monoisotopic (exact) mass is 272 g/mol. The molecule has 0 radical (unpaired) electrons. The fourth-order valence-electron chi connectivity index (χ4n) is 2.61. The number of benzene rings is 1. The lowest BCUT2D eigenvalue weighted by molar-refractivity contribution is 0.420. The van der Waals surface area contributed by atoms with Crippen LogP contribution in [0.1, 0.15) is 43.2 Å². The smallest absolute Gasteiger partial charge is 0.136 e. The summed E-state index contributed by atoms with van der Waals surface area (Å²) in [5.41, 5.74) is 4.57. The number of nitrogens with zero attached hydrogens (tertiary/aromatic N) is 2. The van der Waals surface area contributed by atoms with Crippen LogP contribution < -0.4 is 0 Å². The Morgan fingerprint density at radius 2 is 1.89 bits per heavy atom. The van der Waals surface area contributed by atoms with Crippen LogP contribution in [0.4, 0.5) is 0 Å². The van der Waals surface area contributed by atoms with E-state index in [-0.39, 0.29) is 0 Å². The molecule has 98 valence electrons. The molecule has 0 unspecified atom stereocenters. The summed E-state index contributed by atoms with van der Waals surface area (Å²) in [5, 5.41) is 0.565. The van der Waals surface area contributed by atoms with Crippen molar-refractivity contribution in [2.45, 2.75) is 38.5 Å². The molecular weight excluding hydrogens is 256 g/mol. The van der Waals surface area contributed by atoms with E-state index in [1.54, 1.807) is 0 Å². The second-order valence-electron chi connectivity index (χ2n) is 5.10. The van der Waals surface area contributed by atoms with Gasteiger partial charge in [0.1, 0.15) is 11.5 Å². The first-order chi connectivity index (χ1) is 9.29. The Labute approximate surface area is 118 Å². The lowest BCUT2D eigenvalue weighted by Gasteiger charge is -2.25. The SMILES string of the molecule is CCc1c(Cl)ncnc1-c1ccc(C2CCC2)cc1. The Hall–Kier alpha value is -1.41. The molecular formula is C16H17ClN2. The number of hydrogen-bond donors (Lipinski definition) is 0. The Kier molecular flexibility index (Phi) is 3.52. The van der Waals surface area contributed by atoms with Gasteiger partial charge in [0.15, 0.2) is 0 Å². The summed E-state index contributed by atoms with van der Waals surface area (Å²) in [6.45, 7) is 2.08.